The monoisotopic (exact) mass is 459 g/mol. The van der Waals surface area contributed by atoms with E-state index in [1.807, 2.05) is 0 Å². The summed E-state index contributed by atoms with van der Waals surface area (Å²) in [6, 6.07) is 11.5. The van der Waals surface area contributed by atoms with E-state index in [0.29, 0.717) is 47.6 Å². The maximum atomic E-state index is 15.0. The number of ketones is 1. The van der Waals surface area contributed by atoms with Crippen molar-refractivity contribution in [3.8, 4) is 16.9 Å². The van der Waals surface area contributed by atoms with E-state index in [0.717, 1.165) is 19.3 Å². The lowest BCUT2D eigenvalue weighted by Crippen LogP contribution is -2.44. The lowest BCUT2D eigenvalue weighted by Gasteiger charge is -2.23. The van der Waals surface area contributed by atoms with Crippen LogP contribution in [0.4, 0.5) is 4.39 Å². The van der Waals surface area contributed by atoms with Crippen LogP contribution in [0.25, 0.3) is 11.1 Å². The predicted octanol–water partition coefficient (Wildman–Crippen LogP) is 5.10. The lowest BCUT2D eigenvalue weighted by atomic mass is 9.99. The summed E-state index contributed by atoms with van der Waals surface area (Å²) in [5.74, 6) is 0.536. The molecule has 2 saturated carbocycles. The molecule has 0 aliphatic heterocycles. The van der Waals surface area contributed by atoms with E-state index in [4.69, 9.17) is 4.74 Å². The minimum absolute atomic E-state index is 0.103. The van der Waals surface area contributed by atoms with Crippen molar-refractivity contribution in [2.24, 2.45) is 5.92 Å². The Morgan fingerprint density at radius 1 is 1.12 bits per heavy atom. The van der Waals surface area contributed by atoms with Crippen molar-refractivity contribution < 1.29 is 22.3 Å². The van der Waals surface area contributed by atoms with E-state index < -0.39 is 21.1 Å². The van der Waals surface area contributed by atoms with Gasteiger partial charge in [0.15, 0.2) is 5.78 Å². The molecule has 0 saturated heterocycles. The van der Waals surface area contributed by atoms with Gasteiger partial charge in [0.1, 0.15) is 17.7 Å². The molecule has 172 valence electrons. The van der Waals surface area contributed by atoms with Gasteiger partial charge in [-0.25, -0.2) is 17.5 Å². The van der Waals surface area contributed by atoms with Gasteiger partial charge in [0, 0.05) is 23.6 Å². The molecule has 0 radical (unpaired) electrons. The number of nitrogens with one attached hydrogen (secondary N) is 1. The maximum Gasteiger partial charge on any atom is 0.214 e. The Morgan fingerprint density at radius 3 is 2.59 bits per heavy atom. The number of Topliss-reactive ketones (excluding diaryl/α,β-unsaturated/α-hetero) is 1. The molecule has 32 heavy (non-hydrogen) atoms. The first kappa shape index (κ1) is 22.9. The Morgan fingerprint density at radius 2 is 1.91 bits per heavy atom. The smallest absolute Gasteiger partial charge is 0.214 e. The van der Waals surface area contributed by atoms with Crippen molar-refractivity contribution in [2.45, 2.75) is 69.8 Å². The molecule has 0 amide bonds. The molecule has 2 aliphatic carbocycles. The van der Waals surface area contributed by atoms with E-state index in [-0.39, 0.29) is 17.9 Å². The third-order valence-electron chi connectivity index (χ3n) is 6.28. The zero-order chi connectivity index (χ0) is 22.9. The maximum absolute atomic E-state index is 15.0. The van der Waals surface area contributed by atoms with Gasteiger partial charge in [0.25, 0.3) is 0 Å². The molecule has 2 atom stereocenters. The fourth-order valence-corrected chi connectivity index (χ4v) is 5.05. The largest absolute Gasteiger partial charge is 0.489 e. The van der Waals surface area contributed by atoms with Gasteiger partial charge in [0.2, 0.25) is 10.0 Å². The second-order valence-electron chi connectivity index (χ2n) is 9.20. The molecule has 2 aromatic rings. The van der Waals surface area contributed by atoms with Gasteiger partial charge < -0.3 is 4.74 Å². The number of hydrogen-bond donors (Lipinski definition) is 1. The van der Waals surface area contributed by atoms with Gasteiger partial charge in [-0.05, 0) is 75.6 Å². The molecular formula is C25H30FNO4S. The summed E-state index contributed by atoms with van der Waals surface area (Å²) >= 11 is 0. The summed E-state index contributed by atoms with van der Waals surface area (Å²) in [6.07, 6.45) is 4.70. The van der Waals surface area contributed by atoms with E-state index in [9.17, 15) is 17.6 Å². The average molecular weight is 460 g/mol. The molecule has 2 aromatic carbocycles. The first-order valence-corrected chi connectivity index (χ1v) is 12.9. The van der Waals surface area contributed by atoms with Crippen LogP contribution in [0.15, 0.2) is 42.5 Å². The van der Waals surface area contributed by atoms with Gasteiger partial charge in [-0.2, -0.15) is 0 Å². The SMILES string of the molecule is CC(C)S(=O)(=O)N[C@H]1CCC[C@H]1Oc1ccc(-c2cccc(C(=O)CC3CC3)c2)c(F)c1. The van der Waals surface area contributed by atoms with Gasteiger partial charge in [-0.1, -0.05) is 18.2 Å². The van der Waals surface area contributed by atoms with E-state index in [1.54, 1.807) is 50.2 Å². The number of sulfonamides is 1. The second kappa shape index (κ2) is 9.32. The van der Waals surface area contributed by atoms with E-state index in [1.165, 1.54) is 6.07 Å². The highest BCUT2D eigenvalue weighted by molar-refractivity contribution is 7.90. The normalized spacial score (nSPS) is 21.1. The molecule has 0 spiro atoms. The number of carbonyl (C=O) groups excluding carboxylic acids is 1. The minimum Gasteiger partial charge on any atom is -0.489 e. The summed E-state index contributed by atoms with van der Waals surface area (Å²) in [4.78, 5) is 12.4. The molecular weight excluding hydrogens is 429 g/mol. The molecule has 2 aliphatic rings. The Bertz CT molecular complexity index is 1090. The zero-order valence-electron chi connectivity index (χ0n) is 18.5. The van der Waals surface area contributed by atoms with Crippen LogP contribution in [-0.4, -0.2) is 31.6 Å². The molecule has 0 bridgehead atoms. The number of benzene rings is 2. The van der Waals surface area contributed by atoms with Crippen LogP contribution < -0.4 is 9.46 Å². The Labute approximate surface area is 189 Å². The fourth-order valence-electron chi connectivity index (χ4n) is 4.09. The summed E-state index contributed by atoms with van der Waals surface area (Å²) in [7, 11) is -3.40. The third-order valence-corrected chi connectivity index (χ3v) is 8.16. The second-order valence-corrected chi connectivity index (χ2v) is 11.5. The number of rotatable bonds is 9. The third kappa shape index (κ3) is 5.38. The number of ether oxygens (including phenoxy) is 1. The first-order chi connectivity index (χ1) is 15.2. The molecule has 0 aromatic heterocycles. The topological polar surface area (TPSA) is 72.5 Å². The van der Waals surface area contributed by atoms with Crippen molar-refractivity contribution in [3.63, 3.8) is 0 Å². The summed E-state index contributed by atoms with van der Waals surface area (Å²) in [5.41, 5.74) is 1.67. The molecule has 0 unspecified atom stereocenters. The summed E-state index contributed by atoms with van der Waals surface area (Å²) < 4.78 is 48.1. The highest BCUT2D eigenvalue weighted by Gasteiger charge is 2.33. The van der Waals surface area contributed by atoms with Crippen LogP contribution in [-0.2, 0) is 10.0 Å². The minimum atomic E-state index is -3.40. The predicted molar refractivity (Wildman–Crippen MR) is 123 cm³/mol. The Kier molecular flexibility index (Phi) is 6.67. The molecule has 4 rings (SSSR count). The zero-order valence-corrected chi connectivity index (χ0v) is 19.3. The Hall–Kier alpha value is -2.25. The van der Waals surface area contributed by atoms with Crippen molar-refractivity contribution in [1.29, 1.82) is 0 Å². The number of carbonyl (C=O) groups is 1. The van der Waals surface area contributed by atoms with Crippen molar-refractivity contribution in [1.82, 2.24) is 4.72 Å². The highest BCUT2D eigenvalue weighted by atomic mass is 32.2. The van der Waals surface area contributed by atoms with E-state index in [2.05, 4.69) is 4.72 Å². The van der Waals surface area contributed by atoms with Crippen LogP contribution >= 0.6 is 0 Å². The van der Waals surface area contributed by atoms with Gasteiger partial charge in [-0.3, -0.25) is 4.79 Å². The van der Waals surface area contributed by atoms with Crippen LogP contribution in [0.2, 0.25) is 0 Å². The van der Waals surface area contributed by atoms with Crippen molar-refractivity contribution in [3.05, 3.63) is 53.8 Å². The molecule has 5 nitrogen and oxygen atoms in total. The van der Waals surface area contributed by atoms with Crippen molar-refractivity contribution in [2.75, 3.05) is 0 Å². The molecule has 7 heteroatoms. The quantitative estimate of drug-likeness (QED) is 0.530. The standard InChI is InChI=1S/C25H30FNO4S/c1-16(2)32(29,30)27-23-7-4-8-25(23)31-20-11-12-21(22(26)15-20)18-5-3-6-19(14-18)24(28)13-17-9-10-17/h3,5-6,11-12,14-17,23,25,27H,4,7-10,13H2,1-2H3/t23-,25+/m0/s1. The molecule has 0 heterocycles. The van der Waals surface area contributed by atoms with Gasteiger partial charge in [-0.15, -0.1) is 0 Å². The lowest BCUT2D eigenvalue weighted by molar-refractivity contribution is 0.0976. The first-order valence-electron chi connectivity index (χ1n) is 11.3. The van der Waals surface area contributed by atoms with Crippen molar-refractivity contribution >= 4 is 15.8 Å². The summed E-state index contributed by atoms with van der Waals surface area (Å²) in [6.45, 7) is 3.27. The van der Waals surface area contributed by atoms with Gasteiger partial charge >= 0.3 is 0 Å². The van der Waals surface area contributed by atoms with Gasteiger partial charge in [0.05, 0.1) is 11.3 Å². The molecule has 1 N–H and O–H groups in total. The van der Waals surface area contributed by atoms with Crippen LogP contribution in [0.5, 0.6) is 5.75 Å². The summed E-state index contributed by atoms with van der Waals surface area (Å²) in [5, 5.41) is -0.521. The van der Waals surface area contributed by atoms with Crippen LogP contribution in [0.3, 0.4) is 0 Å². The fraction of sp³-hybridized carbons (Fsp3) is 0.480. The number of halogens is 1. The van der Waals surface area contributed by atoms with Crippen LogP contribution in [0, 0.1) is 11.7 Å². The average Bonchev–Trinajstić information content (AvgIpc) is 3.46. The van der Waals surface area contributed by atoms with Crippen LogP contribution in [0.1, 0.15) is 62.7 Å². The highest BCUT2D eigenvalue weighted by Crippen LogP contribution is 2.34. The Balaban J connectivity index is 1.47. The molecule has 2 fully saturated rings. The van der Waals surface area contributed by atoms with E-state index >= 15 is 0 Å². The number of hydrogen-bond acceptors (Lipinski definition) is 4.